The number of rotatable bonds is 2. The average Bonchev–Trinajstić information content (AvgIpc) is 2.49. The summed E-state index contributed by atoms with van der Waals surface area (Å²) < 4.78 is 0. The minimum Gasteiger partial charge on any atom is -0.507 e. The van der Waals surface area contributed by atoms with Crippen LogP contribution in [0, 0.1) is 0 Å². The summed E-state index contributed by atoms with van der Waals surface area (Å²) in [6.45, 7) is 1.99. The van der Waals surface area contributed by atoms with Crippen molar-refractivity contribution in [2.75, 3.05) is 20.1 Å². The number of phenols is 1. The van der Waals surface area contributed by atoms with Gasteiger partial charge in [0.15, 0.2) is 0 Å². The zero-order valence-corrected chi connectivity index (χ0v) is 12.2. The van der Waals surface area contributed by atoms with Crippen LogP contribution < -0.4 is 5.32 Å². The molecule has 2 aromatic rings. The number of phenolic OH excluding ortho intramolecular Hbond substituents is 1. The third-order valence-corrected chi connectivity index (χ3v) is 4.16. The second kappa shape index (κ2) is 5.74. The third kappa shape index (κ3) is 3.00. The first-order valence-electron chi connectivity index (χ1n) is 7.34. The molecule has 1 heterocycles. The fourth-order valence-corrected chi connectivity index (χ4v) is 2.83. The monoisotopic (exact) mass is 284 g/mol. The molecule has 0 saturated carbocycles. The van der Waals surface area contributed by atoms with Crippen molar-refractivity contribution in [3.8, 4) is 5.75 Å². The van der Waals surface area contributed by atoms with Crippen LogP contribution in [0.1, 0.15) is 23.2 Å². The number of benzene rings is 2. The van der Waals surface area contributed by atoms with Gasteiger partial charge >= 0.3 is 0 Å². The number of carbonyl (C=O) groups is 1. The fourth-order valence-electron chi connectivity index (χ4n) is 2.83. The predicted octanol–water partition coefficient (Wildman–Crippen LogP) is 2.37. The van der Waals surface area contributed by atoms with E-state index in [-0.39, 0.29) is 17.7 Å². The molecule has 4 heteroatoms. The quantitative estimate of drug-likeness (QED) is 0.890. The molecule has 1 aliphatic heterocycles. The summed E-state index contributed by atoms with van der Waals surface area (Å²) >= 11 is 0. The van der Waals surface area contributed by atoms with Crippen LogP contribution in [-0.4, -0.2) is 42.1 Å². The van der Waals surface area contributed by atoms with Crippen molar-refractivity contribution in [1.82, 2.24) is 10.2 Å². The lowest BCUT2D eigenvalue weighted by Gasteiger charge is -2.29. The number of piperidine rings is 1. The van der Waals surface area contributed by atoms with E-state index < -0.39 is 0 Å². The Balaban J connectivity index is 1.79. The molecule has 1 fully saturated rings. The van der Waals surface area contributed by atoms with Gasteiger partial charge in [0.25, 0.3) is 5.91 Å². The minimum atomic E-state index is -0.187. The maximum Gasteiger partial charge on any atom is 0.255 e. The maximum atomic E-state index is 12.4. The Kier molecular flexibility index (Phi) is 3.80. The normalized spacial score (nSPS) is 17.0. The Morgan fingerprint density at radius 3 is 2.48 bits per heavy atom. The molecular weight excluding hydrogens is 264 g/mol. The SMILES string of the molecule is CN1CCC(NC(=O)c2cc3ccccc3cc2O)CC1. The van der Waals surface area contributed by atoms with Gasteiger partial charge in [-0.25, -0.2) is 0 Å². The van der Waals surface area contributed by atoms with Crippen LogP contribution in [0.2, 0.25) is 0 Å². The van der Waals surface area contributed by atoms with E-state index in [1.807, 2.05) is 24.3 Å². The van der Waals surface area contributed by atoms with Crippen LogP contribution >= 0.6 is 0 Å². The molecule has 0 aromatic heterocycles. The highest BCUT2D eigenvalue weighted by atomic mass is 16.3. The van der Waals surface area contributed by atoms with Crippen molar-refractivity contribution in [3.63, 3.8) is 0 Å². The van der Waals surface area contributed by atoms with Crippen molar-refractivity contribution in [2.24, 2.45) is 0 Å². The molecule has 3 rings (SSSR count). The highest BCUT2D eigenvalue weighted by molar-refractivity contribution is 6.01. The summed E-state index contributed by atoms with van der Waals surface area (Å²) in [6, 6.07) is 11.3. The third-order valence-electron chi connectivity index (χ3n) is 4.16. The van der Waals surface area contributed by atoms with Gasteiger partial charge < -0.3 is 15.3 Å². The van der Waals surface area contributed by atoms with Gasteiger partial charge in [-0.2, -0.15) is 0 Å². The average molecular weight is 284 g/mol. The molecule has 1 saturated heterocycles. The molecule has 2 N–H and O–H groups in total. The van der Waals surface area contributed by atoms with E-state index in [0.29, 0.717) is 5.56 Å². The Bertz CT molecular complexity index is 661. The van der Waals surface area contributed by atoms with Crippen molar-refractivity contribution in [1.29, 1.82) is 0 Å². The molecule has 0 spiro atoms. The summed E-state index contributed by atoms with van der Waals surface area (Å²) in [4.78, 5) is 14.6. The second-order valence-electron chi connectivity index (χ2n) is 5.77. The molecule has 4 nitrogen and oxygen atoms in total. The minimum absolute atomic E-state index is 0.0409. The molecule has 0 bridgehead atoms. The van der Waals surface area contributed by atoms with Crippen LogP contribution in [0.15, 0.2) is 36.4 Å². The smallest absolute Gasteiger partial charge is 0.255 e. The first kappa shape index (κ1) is 13.9. The molecule has 0 aliphatic carbocycles. The number of amides is 1. The van der Waals surface area contributed by atoms with Gasteiger partial charge in [-0.3, -0.25) is 4.79 Å². The maximum absolute atomic E-state index is 12.4. The highest BCUT2D eigenvalue weighted by Gasteiger charge is 2.20. The zero-order valence-electron chi connectivity index (χ0n) is 12.2. The van der Waals surface area contributed by atoms with Crippen molar-refractivity contribution >= 4 is 16.7 Å². The van der Waals surface area contributed by atoms with Gasteiger partial charge in [-0.15, -0.1) is 0 Å². The van der Waals surface area contributed by atoms with E-state index in [1.165, 1.54) is 0 Å². The lowest BCUT2D eigenvalue weighted by molar-refractivity contribution is 0.0914. The number of carbonyl (C=O) groups excluding carboxylic acids is 1. The Morgan fingerprint density at radius 2 is 1.81 bits per heavy atom. The van der Waals surface area contributed by atoms with Gasteiger partial charge in [0.2, 0.25) is 0 Å². The van der Waals surface area contributed by atoms with Crippen molar-refractivity contribution in [2.45, 2.75) is 18.9 Å². The molecule has 110 valence electrons. The number of fused-ring (bicyclic) bond motifs is 1. The standard InChI is InChI=1S/C17H20N2O2/c1-19-8-6-14(7-9-19)18-17(21)15-10-12-4-2-3-5-13(12)11-16(15)20/h2-5,10-11,14,20H,6-9H2,1H3,(H,18,21). The van der Waals surface area contributed by atoms with Crippen LogP contribution in [0.5, 0.6) is 5.75 Å². The van der Waals surface area contributed by atoms with Gasteiger partial charge in [-0.1, -0.05) is 24.3 Å². The van der Waals surface area contributed by atoms with E-state index in [0.717, 1.165) is 36.7 Å². The van der Waals surface area contributed by atoms with Crippen LogP contribution in [-0.2, 0) is 0 Å². The first-order chi connectivity index (χ1) is 10.1. The fraction of sp³-hybridized carbons (Fsp3) is 0.353. The Labute approximate surface area is 124 Å². The summed E-state index contributed by atoms with van der Waals surface area (Å²) in [5.41, 5.74) is 0.354. The molecule has 1 aliphatic rings. The molecule has 1 amide bonds. The van der Waals surface area contributed by atoms with Crippen LogP contribution in [0.4, 0.5) is 0 Å². The molecular formula is C17H20N2O2. The van der Waals surface area contributed by atoms with E-state index >= 15 is 0 Å². The van der Waals surface area contributed by atoms with E-state index in [4.69, 9.17) is 0 Å². The zero-order chi connectivity index (χ0) is 14.8. The number of hydrogen-bond donors (Lipinski definition) is 2. The number of nitrogens with one attached hydrogen (secondary N) is 1. The van der Waals surface area contributed by atoms with Crippen molar-refractivity contribution in [3.05, 3.63) is 42.0 Å². The lowest BCUT2D eigenvalue weighted by atomic mass is 10.0. The van der Waals surface area contributed by atoms with E-state index in [9.17, 15) is 9.90 Å². The molecule has 21 heavy (non-hydrogen) atoms. The largest absolute Gasteiger partial charge is 0.507 e. The van der Waals surface area contributed by atoms with Crippen molar-refractivity contribution < 1.29 is 9.90 Å². The topological polar surface area (TPSA) is 52.6 Å². The Morgan fingerprint density at radius 1 is 1.19 bits per heavy atom. The summed E-state index contributed by atoms with van der Waals surface area (Å²) in [5, 5.41) is 15.0. The number of likely N-dealkylation sites (tertiary alicyclic amines) is 1. The Hall–Kier alpha value is -2.07. The second-order valence-corrected chi connectivity index (χ2v) is 5.77. The van der Waals surface area contributed by atoms with Crippen LogP contribution in [0.25, 0.3) is 10.8 Å². The van der Waals surface area contributed by atoms with Gasteiger partial charge in [0.05, 0.1) is 5.56 Å². The number of hydrogen-bond acceptors (Lipinski definition) is 3. The van der Waals surface area contributed by atoms with Gasteiger partial charge in [0, 0.05) is 6.04 Å². The summed E-state index contributed by atoms with van der Waals surface area (Å²) in [6.07, 6.45) is 1.91. The van der Waals surface area contributed by atoms with Gasteiger partial charge in [0.1, 0.15) is 5.75 Å². The molecule has 0 radical (unpaired) electrons. The summed E-state index contributed by atoms with van der Waals surface area (Å²) in [5.74, 6) is -0.146. The van der Waals surface area contributed by atoms with Gasteiger partial charge in [-0.05, 0) is 55.9 Å². The highest BCUT2D eigenvalue weighted by Crippen LogP contribution is 2.25. The predicted molar refractivity (Wildman–Crippen MR) is 83.6 cm³/mol. The van der Waals surface area contributed by atoms with E-state index in [2.05, 4.69) is 17.3 Å². The molecule has 0 atom stereocenters. The summed E-state index contributed by atoms with van der Waals surface area (Å²) in [7, 11) is 2.09. The lowest BCUT2D eigenvalue weighted by Crippen LogP contribution is -2.43. The molecule has 0 unspecified atom stereocenters. The number of nitrogens with zero attached hydrogens (tertiary/aromatic N) is 1. The van der Waals surface area contributed by atoms with E-state index in [1.54, 1.807) is 12.1 Å². The number of aromatic hydroxyl groups is 1. The first-order valence-corrected chi connectivity index (χ1v) is 7.34. The molecule has 2 aromatic carbocycles. The van der Waals surface area contributed by atoms with Crippen LogP contribution in [0.3, 0.4) is 0 Å².